The molecule has 1 saturated heterocycles. The lowest BCUT2D eigenvalue weighted by atomic mass is 10.1. The Balaban J connectivity index is 1.68. The summed E-state index contributed by atoms with van der Waals surface area (Å²) in [6, 6.07) is 2.92. The molecule has 2 aliphatic rings. The lowest BCUT2D eigenvalue weighted by molar-refractivity contribution is -0.151. The minimum atomic E-state index is -3.84. The van der Waals surface area contributed by atoms with Crippen molar-refractivity contribution < 1.29 is 22.7 Å². The van der Waals surface area contributed by atoms with E-state index in [0.717, 1.165) is 31.2 Å². The molecular weight excluding hydrogens is 392 g/mol. The lowest BCUT2D eigenvalue weighted by Gasteiger charge is -2.24. The Morgan fingerprint density at radius 3 is 2.31 bits per heavy atom. The van der Waals surface area contributed by atoms with E-state index >= 15 is 0 Å². The molecule has 160 valence electrons. The highest BCUT2D eigenvalue weighted by Crippen LogP contribution is 2.31. The molecule has 1 atom stereocenters. The van der Waals surface area contributed by atoms with Gasteiger partial charge in [-0.15, -0.1) is 0 Å². The van der Waals surface area contributed by atoms with E-state index in [1.54, 1.807) is 13.8 Å². The van der Waals surface area contributed by atoms with Gasteiger partial charge in [0.15, 0.2) is 6.61 Å². The number of carbonyl (C=O) groups excluding carboxylic acids is 2. The topological polar surface area (TPSA) is 92.8 Å². The molecule has 1 N–H and O–H groups in total. The number of hydrogen-bond acceptors (Lipinski definition) is 5. The lowest BCUT2D eigenvalue weighted by Crippen LogP contribution is -2.43. The number of amides is 1. The number of esters is 1. The van der Waals surface area contributed by atoms with E-state index in [0.29, 0.717) is 24.0 Å². The quantitative estimate of drug-likeness (QED) is 0.711. The fraction of sp³-hybridized carbons (Fsp3) is 0.619. The second-order valence-electron chi connectivity index (χ2n) is 8.16. The van der Waals surface area contributed by atoms with Gasteiger partial charge in [0.25, 0.3) is 5.91 Å². The molecule has 0 radical (unpaired) electrons. The Hall–Kier alpha value is -1.93. The average molecular weight is 423 g/mol. The van der Waals surface area contributed by atoms with E-state index in [4.69, 9.17) is 4.74 Å². The van der Waals surface area contributed by atoms with Gasteiger partial charge in [-0.05, 0) is 57.6 Å². The predicted octanol–water partition coefficient (Wildman–Crippen LogP) is 2.37. The third kappa shape index (κ3) is 4.80. The van der Waals surface area contributed by atoms with Crippen molar-refractivity contribution in [3.63, 3.8) is 0 Å². The Kier molecular flexibility index (Phi) is 6.63. The van der Waals surface area contributed by atoms with E-state index in [-0.39, 0.29) is 30.0 Å². The Morgan fingerprint density at radius 2 is 1.69 bits per heavy atom. The molecule has 1 aromatic rings. The molecule has 1 aromatic carbocycles. The number of benzene rings is 1. The minimum Gasteiger partial charge on any atom is -0.454 e. The van der Waals surface area contributed by atoms with Crippen molar-refractivity contribution in [3.8, 4) is 0 Å². The molecule has 0 bridgehead atoms. The van der Waals surface area contributed by atoms with Crippen molar-refractivity contribution in [2.45, 2.75) is 76.3 Å². The molecule has 1 saturated carbocycles. The van der Waals surface area contributed by atoms with Crippen LogP contribution in [0.3, 0.4) is 0 Å². The molecule has 1 aliphatic heterocycles. The largest absolute Gasteiger partial charge is 0.454 e. The average Bonchev–Trinajstić information content (AvgIpc) is 3.30. The zero-order chi connectivity index (χ0) is 21.2. The predicted molar refractivity (Wildman–Crippen MR) is 109 cm³/mol. The number of hydrogen-bond donors (Lipinski definition) is 1. The number of rotatable bonds is 6. The second kappa shape index (κ2) is 8.83. The van der Waals surface area contributed by atoms with Crippen molar-refractivity contribution >= 4 is 21.9 Å². The molecule has 0 aromatic heterocycles. The van der Waals surface area contributed by atoms with Gasteiger partial charge in [0.05, 0.1) is 4.90 Å². The minimum absolute atomic E-state index is 0.150. The molecule has 1 unspecified atom stereocenters. The fourth-order valence-corrected chi connectivity index (χ4v) is 6.59. The van der Waals surface area contributed by atoms with Gasteiger partial charge in [0.2, 0.25) is 10.0 Å². The molecule has 8 heteroatoms. The van der Waals surface area contributed by atoms with Crippen LogP contribution in [0.25, 0.3) is 0 Å². The summed E-state index contributed by atoms with van der Waals surface area (Å²) in [5, 5.41) is 2.86. The Bertz CT molecular complexity index is 867. The Morgan fingerprint density at radius 1 is 1.07 bits per heavy atom. The second-order valence-corrected chi connectivity index (χ2v) is 9.99. The van der Waals surface area contributed by atoms with Gasteiger partial charge in [0, 0.05) is 12.6 Å². The highest BCUT2D eigenvalue weighted by molar-refractivity contribution is 7.89. The first-order valence-corrected chi connectivity index (χ1v) is 11.7. The van der Waals surface area contributed by atoms with Crippen LogP contribution in [0.1, 0.15) is 55.2 Å². The highest BCUT2D eigenvalue weighted by Gasteiger charge is 2.41. The zero-order valence-corrected chi connectivity index (χ0v) is 18.2. The SMILES string of the molecule is Cc1cc(C)c(S(=O)(=O)N2CCCC2C(=O)OCC(=O)NC2CCCC2)c(C)c1. The van der Waals surface area contributed by atoms with Crippen molar-refractivity contribution in [2.75, 3.05) is 13.2 Å². The molecule has 29 heavy (non-hydrogen) atoms. The van der Waals surface area contributed by atoms with Gasteiger partial charge in [-0.1, -0.05) is 30.5 Å². The number of aryl methyl sites for hydroxylation is 3. The summed E-state index contributed by atoms with van der Waals surface area (Å²) in [5.41, 5.74) is 2.32. The molecule has 1 aliphatic carbocycles. The maximum Gasteiger partial charge on any atom is 0.324 e. The van der Waals surface area contributed by atoms with Crippen molar-refractivity contribution in [3.05, 3.63) is 28.8 Å². The molecular formula is C21H30N2O5S. The van der Waals surface area contributed by atoms with Gasteiger partial charge < -0.3 is 10.1 Å². The van der Waals surface area contributed by atoms with E-state index in [2.05, 4.69) is 5.32 Å². The smallest absolute Gasteiger partial charge is 0.324 e. The molecule has 7 nitrogen and oxygen atoms in total. The van der Waals surface area contributed by atoms with Crippen LogP contribution in [0.4, 0.5) is 0 Å². The number of carbonyl (C=O) groups is 2. The molecule has 1 heterocycles. The normalized spacial score (nSPS) is 20.7. The first-order valence-electron chi connectivity index (χ1n) is 10.3. The third-order valence-corrected chi connectivity index (χ3v) is 7.93. The van der Waals surface area contributed by atoms with Gasteiger partial charge in [0.1, 0.15) is 6.04 Å². The highest BCUT2D eigenvalue weighted by atomic mass is 32.2. The zero-order valence-electron chi connectivity index (χ0n) is 17.4. The van der Waals surface area contributed by atoms with Crippen LogP contribution < -0.4 is 5.32 Å². The summed E-state index contributed by atoms with van der Waals surface area (Å²) in [5.74, 6) is -0.988. The first-order chi connectivity index (χ1) is 13.7. The van der Waals surface area contributed by atoms with Crippen LogP contribution in [0.15, 0.2) is 17.0 Å². The number of nitrogens with zero attached hydrogens (tertiary/aromatic N) is 1. The number of ether oxygens (including phenoxy) is 1. The van der Waals surface area contributed by atoms with E-state index in [9.17, 15) is 18.0 Å². The van der Waals surface area contributed by atoms with Gasteiger partial charge in [-0.3, -0.25) is 9.59 Å². The van der Waals surface area contributed by atoms with E-state index in [1.807, 2.05) is 19.1 Å². The number of nitrogens with one attached hydrogen (secondary N) is 1. The van der Waals surface area contributed by atoms with Crippen LogP contribution >= 0.6 is 0 Å². The number of sulfonamides is 1. The van der Waals surface area contributed by atoms with Crippen molar-refractivity contribution in [1.82, 2.24) is 9.62 Å². The standard InChI is InChI=1S/C21H30N2O5S/c1-14-11-15(2)20(16(3)12-14)29(26,27)23-10-6-9-18(23)21(25)28-13-19(24)22-17-7-4-5-8-17/h11-12,17-18H,4-10,13H2,1-3H3,(H,22,24). The monoisotopic (exact) mass is 422 g/mol. The van der Waals surface area contributed by atoms with Crippen LogP contribution in [-0.2, 0) is 24.3 Å². The Labute approximate surface area is 172 Å². The molecule has 2 fully saturated rings. The van der Waals surface area contributed by atoms with Crippen LogP contribution in [0.2, 0.25) is 0 Å². The summed E-state index contributed by atoms with van der Waals surface area (Å²) >= 11 is 0. The van der Waals surface area contributed by atoms with Crippen LogP contribution in [0, 0.1) is 20.8 Å². The summed E-state index contributed by atoms with van der Waals surface area (Å²) < 4.78 is 33.0. The first kappa shape index (κ1) is 21.8. The summed E-state index contributed by atoms with van der Waals surface area (Å²) in [7, 11) is -3.84. The van der Waals surface area contributed by atoms with E-state index < -0.39 is 22.0 Å². The third-order valence-electron chi connectivity index (χ3n) is 5.71. The summed E-state index contributed by atoms with van der Waals surface area (Å²) in [4.78, 5) is 24.9. The maximum atomic E-state index is 13.3. The van der Waals surface area contributed by atoms with E-state index in [1.165, 1.54) is 4.31 Å². The van der Waals surface area contributed by atoms with Crippen LogP contribution in [-0.4, -0.2) is 49.8 Å². The summed E-state index contributed by atoms with van der Waals surface area (Å²) in [6.07, 6.45) is 5.06. The van der Waals surface area contributed by atoms with Gasteiger partial charge in [-0.2, -0.15) is 4.31 Å². The summed E-state index contributed by atoms with van der Waals surface area (Å²) in [6.45, 7) is 5.35. The molecule has 1 amide bonds. The van der Waals surface area contributed by atoms with Gasteiger partial charge >= 0.3 is 5.97 Å². The van der Waals surface area contributed by atoms with Crippen LogP contribution in [0.5, 0.6) is 0 Å². The molecule has 3 rings (SSSR count). The van der Waals surface area contributed by atoms with Crippen molar-refractivity contribution in [2.24, 2.45) is 0 Å². The van der Waals surface area contributed by atoms with Gasteiger partial charge in [-0.25, -0.2) is 8.42 Å². The fourth-order valence-electron chi connectivity index (χ4n) is 4.53. The maximum absolute atomic E-state index is 13.3. The molecule has 0 spiro atoms. The van der Waals surface area contributed by atoms with Crippen molar-refractivity contribution in [1.29, 1.82) is 0 Å².